The van der Waals surface area contributed by atoms with Crippen molar-refractivity contribution in [2.24, 2.45) is 0 Å². The van der Waals surface area contributed by atoms with Crippen molar-refractivity contribution in [1.82, 2.24) is 5.32 Å². The normalized spacial score (nSPS) is 9.81. The molecule has 4 nitrogen and oxygen atoms in total. The van der Waals surface area contributed by atoms with Crippen molar-refractivity contribution < 1.29 is 19.1 Å². The molecule has 0 spiro atoms. The van der Waals surface area contributed by atoms with Crippen LogP contribution in [-0.4, -0.2) is 23.5 Å². The van der Waals surface area contributed by atoms with Crippen LogP contribution in [0.5, 0.6) is 0 Å². The molecule has 1 aromatic carbocycles. The third-order valence-electron chi connectivity index (χ3n) is 1.94. The Morgan fingerprint density at radius 1 is 1.38 bits per heavy atom. The topological polar surface area (TPSA) is 66.4 Å². The maximum absolute atomic E-state index is 12.8. The number of aliphatic carboxylic acids is 1. The zero-order valence-corrected chi connectivity index (χ0v) is 8.57. The van der Waals surface area contributed by atoms with Crippen LogP contribution in [0.2, 0.25) is 0 Å². The molecule has 0 aliphatic carbocycles. The Kier molecular flexibility index (Phi) is 4.44. The number of carboxylic acids is 1. The maximum atomic E-state index is 12.8. The van der Waals surface area contributed by atoms with Crippen LogP contribution in [0.25, 0.3) is 0 Å². The summed E-state index contributed by atoms with van der Waals surface area (Å²) in [6, 6.07) is 5.32. The molecule has 5 heteroatoms. The molecule has 0 aromatic heterocycles. The van der Waals surface area contributed by atoms with Crippen molar-refractivity contribution in [2.45, 2.75) is 12.8 Å². The van der Waals surface area contributed by atoms with E-state index in [2.05, 4.69) is 5.32 Å². The first-order valence-electron chi connectivity index (χ1n) is 4.85. The van der Waals surface area contributed by atoms with Crippen molar-refractivity contribution in [3.05, 3.63) is 35.6 Å². The Hall–Kier alpha value is -1.91. The summed E-state index contributed by atoms with van der Waals surface area (Å²) in [7, 11) is 0. The Morgan fingerprint density at radius 2 is 2.12 bits per heavy atom. The number of nitrogens with one attached hydrogen (secondary N) is 1. The van der Waals surface area contributed by atoms with E-state index in [0.29, 0.717) is 6.42 Å². The van der Waals surface area contributed by atoms with Gasteiger partial charge in [0.05, 0.1) is 0 Å². The van der Waals surface area contributed by atoms with Gasteiger partial charge in [-0.05, 0) is 24.6 Å². The lowest BCUT2D eigenvalue weighted by atomic mass is 10.2. The molecule has 0 unspecified atom stereocenters. The molecule has 0 aliphatic rings. The fourth-order valence-electron chi connectivity index (χ4n) is 1.17. The molecular weight excluding hydrogens is 213 g/mol. The van der Waals surface area contributed by atoms with Crippen LogP contribution in [0.1, 0.15) is 23.2 Å². The molecule has 86 valence electrons. The van der Waals surface area contributed by atoms with Gasteiger partial charge in [-0.2, -0.15) is 0 Å². The van der Waals surface area contributed by atoms with E-state index in [1.54, 1.807) is 0 Å². The Labute approximate surface area is 92.1 Å². The smallest absolute Gasteiger partial charge is 0.303 e. The summed E-state index contributed by atoms with van der Waals surface area (Å²) in [5.41, 5.74) is 0.232. The summed E-state index contributed by atoms with van der Waals surface area (Å²) < 4.78 is 12.8. The van der Waals surface area contributed by atoms with E-state index in [1.807, 2.05) is 0 Å². The maximum Gasteiger partial charge on any atom is 0.303 e. The van der Waals surface area contributed by atoms with Crippen LogP contribution in [0.3, 0.4) is 0 Å². The van der Waals surface area contributed by atoms with Crippen molar-refractivity contribution >= 4 is 11.9 Å². The second-order valence-corrected chi connectivity index (χ2v) is 3.26. The molecule has 2 N–H and O–H groups in total. The number of amides is 1. The minimum absolute atomic E-state index is 0.00340. The molecule has 1 amide bonds. The van der Waals surface area contributed by atoms with Crippen molar-refractivity contribution in [1.29, 1.82) is 0 Å². The van der Waals surface area contributed by atoms with Crippen LogP contribution < -0.4 is 5.32 Å². The Balaban J connectivity index is 2.38. The first-order valence-corrected chi connectivity index (χ1v) is 4.85. The van der Waals surface area contributed by atoms with Gasteiger partial charge in [0.1, 0.15) is 5.82 Å². The highest BCUT2D eigenvalue weighted by Gasteiger charge is 2.05. The number of rotatable bonds is 5. The minimum atomic E-state index is -0.903. The zero-order chi connectivity index (χ0) is 12.0. The predicted molar refractivity (Wildman–Crippen MR) is 55.6 cm³/mol. The van der Waals surface area contributed by atoms with E-state index in [9.17, 15) is 14.0 Å². The molecule has 0 bridgehead atoms. The van der Waals surface area contributed by atoms with Gasteiger partial charge in [0.15, 0.2) is 0 Å². The second kappa shape index (κ2) is 5.85. The minimum Gasteiger partial charge on any atom is -0.481 e. The monoisotopic (exact) mass is 225 g/mol. The highest BCUT2D eigenvalue weighted by molar-refractivity contribution is 5.94. The summed E-state index contributed by atoms with van der Waals surface area (Å²) in [4.78, 5) is 21.6. The lowest BCUT2D eigenvalue weighted by Gasteiger charge is -2.03. The number of benzene rings is 1. The number of hydrogen-bond acceptors (Lipinski definition) is 2. The molecule has 0 radical (unpaired) electrons. The van der Waals surface area contributed by atoms with E-state index < -0.39 is 17.7 Å². The Bertz CT molecular complexity index is 393. The molecule has 0 saturated carbocycles. The van der Waals surface area contributed by atoms with Gasteiger partial charge >= 0.3 is 5.97 Å². The van der Waals surface area contributed by atoms with Gasteiger partial charge in [0.25, 0.3) is 5.91 Å². The molecule has 0 saturated heterocycles. The first kappa shape index (κ1) is 12.2. The summed E-state index contributed by atoms with van der Waals surface area (Å²) in [6.07, 6.45) is 0.361. The van der Waals surface area contributed by atoms with E-state index in [0.717, 1.165) is 6.07 Å². The first-order chi connectivity index (χ1) is 7.59. The van der Waals surface area contributed by atoms with Crippen molar-refractivity contribution in [3.8, 4) is 0 Å². The average Bonchev–Trinajstić information content (AvgIpc) is 2.24. The van der Waals surface area contributed by atoms with Gasteiger partial charge < -0.3 is 10.4 Å². The van der Waals surface area contributed by atoms with E-state index in [4.69, 9.17) is 5.11 Å². The second-order valence-electron chi connectivity index (χ2n) is 3.26. The van der Waals surface area contributed by atoms with E-state index >= 15 is 0 Å². The standard InChI is InChI=1S/C11H12FNO3/c12-9-4-1-3-8(7-9)11(16)13-6-2-5-10(14)15/h1,3-4,7H,2,5-6H2,(H,13,16)(H,14,15). The molecular formula is C11H12FNO3. The van der Waals surface area contributed by atoms with Gasteiger partial charge in [-0.25, -0.2) is 4.39 Å². The number of halogens is 1. The highest BCUT2D eigenvalue weighted by Crippen LogP contribution is 2.03. The third-order valence-corrected chi connectivity index (χ3v) is 1.94. The highest BCUT2D eigenvalue weighted by atomic mass is 19.1. The van der Waals surface area contributed by atoms with Gasteiger partial charge in [0, 0.05) is 18.5 Å². The van der Waals surface area contributed by atoms with Gasteiger partial charge in [-0.1, -0.05) is 6.07 Å². The van der Waals surface area contributed by atoms with Crippen LogP contribution in [0, 0.1) is 5.82 Å². The predicted octanol–water partition coefficient (Wildman–Crippen LogP) is 1.42. The number of carbonyl (C=O) groups is 2. The summed E-state index contributed by atoms with van der Waals surface area (Å²) in [6.45, 7) is 0.266. The molecule has 0 aliphatic heterocycles. The summed E-state index contributed by atoms with van der Waals surface area (Å²) in [5.74, 6) is -1.77. The van der Waals surface area contributed by atoms with E-state index in [1.165, 1.54) is 18.2 Å². The lowest BCUT2D eigenvalue weighted by Crippen LogP contribution is -2.24. The third kappa shape index (κ3) is 4.08. The lowest BCUT2D eigenvalue weighted by molar-refractivity contribution is -0.137. The zero-order valence-electron chi connectivity index (χ0n) is 8.57. The molecule has 1 rings (SSSR count). The van der Waals surface area contributed by atoms with Crippen LogP contribution in [-0.2, 0) is 4.79 Å². The number of carboxylic acid groups (broad SMARTS) is 1. The molecule has 0 heterocycles. The van der Waals surface area contributed by atoms with Crippen LogP contribution >= 0.6 is 0 Å². The molecule has 16 heavy (non-hydrogen) atoms. The van der Waals surface area contributed by atoms with Gasteiger partial charge in [-0.3, -0.25) is 9.59 Å². The number of carbonyl (C=O) groups excluding carboxylic acids is 1. The fraction of sp³-hybridized carbons (Fsp3) is 0.273. The number of hydrogen-bond donors (Lipinski definition) is 2. The van der Waals surface area contributed by atoms with Crippen LogP contribution in [0.4, 0.5) is 4.39 Å². The summed E-state index contributed by atoms with van der Waals surface area (Å²) in [5, 5.41) is 10.9. The average molecular weight is 225 g/mol. The Morgan fingerprint density at radius 3 is 2.75 bits per heavy atom. The van der Waals surface area contributed by atoms with Crippen molar-refractivity contribution in [2.75, 3.05) is 6.54 Å². The van der Waals surface area contributed by atoms with Gasteiger partial charge in [-0.15, -0.1) is 0 Å². The van der Waals surface area contributed by atoms with Crippen molar-refractivity contribution in [3.63, 3.8) is 0 Å². The SMILES string of the molecule is O=C(O)CCCNC(=O)c1cccc(F)c1. The van der Waals surface area contributed by atoms with Crippen LogP contribution in [0.15, 0.2) is 24.3 Å². The summed E-state index contributed by atoms with van der Waals surface area (Å²) >= 11 is 0. The molecule has 0 fully saturated rings. The largest absolute Gasteiger partial charge is 0.481 e. The molecule has 0 atom stereocenters. The van der Waals surface area contributed by atoms with Gasteiger partial charge in [0.2, 0.25) is 0 Å². The fourth-order valence-corrected chi connectivity index (χ4v) is 1.17. The quantitative estimate of drug-likeness (QED) is 0.745. The van der Waals surface area contributed by atoms with E-state index in [-0.39, 0.29) is 18.5 Å². The molecule has 1 aromatic rings.